The molecular formula is C19H11F3N2O4S. The number of halogens is 3. The van der Waals surface area contributed by atoms with Gasteiger partial charge in [0.05, 0.1) is 17.8 Å². The number of Topliss-reactive ketones (excluding diaryl/α,β-unsaturated/α-hetero) is 1. The largest absolute Gasteiger partial charge is 0.573 e. The van der Waals surface area contributed by atoms with Crippen molar-refractivity contribution in [2.75, 3.05) is 4.90 Å². The van der Waals surface area contributed by atoms with Crippen molar-refractivity contribution in [3.63, 3.8) is 0 Å². The summed E-state index contributed by atoms with van der Waals surface area (Å²) >= 11 is 1.34. The molecule has 0 saturated heterocycles. The fourth-order valence-electron chi connectivity index (χ4n) is 2.84. The van der Waals surface area contributed by atoms with E-state index in [1.54, 1.807) is 35.8 Å². The summed E-state index contributed by atoms with van der Waals surface area (Å²) in [4.78, 5) is 29.7. The Hall–Kier alpha value is -3.40. The van der Waals surface area contributed by atoms with Gasteiger partial charge in [-0.15, -0.1) is 13.2 Å². The first-order valence-electron chi connectivity index (χ1n) is 8.22. The summed E-state index contributed by atoms with van der Waals surface area (Å²) in [6, 6.07) is 10.1. The van der Waals surface area contributed by atoms with Crippen molar-refractivity contribution < 1.29 is 32.2 Å². The number of fused-ring (bicyclic) bond motifs is 1. The van der Waals surface area contributed by atoms with Gasteiger partial charge in [-0.3, -0.25) is 9.59 Å². The number of carbonyl (C=O) groups is 2. The zero-order chi connectivity index (χ0) is 20.6. The Morgan fingerprint density at radius 2 is 1.76 bits per heavy atom. The number of aromatic nitrogens is 1. The molecule has 0 radical (unpaired) electrons. The molecule has 2 aromatic carbocycles. The van der Waals surface area contributed by atoms with Gasteiger partial charge < -0.3 is 14.4 Å². The first kappa shape index (κ1) is 18.9. The average Bonchev–Trinajstić information content (AvgIpc) is 3.25. The third-order valence-electron chi connectivity index (χ3n) is 4.06. The number of hydrogen-bond donors (Lipinski definition) is 0. The number of carbonyl (C=O) groups excluding carboxylic acids is 2. The van der Waals surface area contributed by atoms with Crippen molar-refractivity contribution >= 4 is 28.7 Å². The molecule has 0 aliphatic carbocycles. The minimum absolute atomic E-state index is 0.0780. The molecule has 1 aliphatic rings. The molecule has 29 heavy (non-hydrogen) atoms. The molecule has 1 amide bonds. The van der Waals surface area contributed by atoms with Gasteiger partial charge in [0.1, 0.15) is 11.5 Å². The maximum atomic E-state index is 12.4. The van der Waals surface area contributed by atoms with E-state index in [0.717, 1.165) is 12.1 Å². The van der Waals surface area contributed by atoms with Gasteiger partial charge in [-0.2, -0.15) is 0 Å². The highest BCUT2D eigenvalue weighted by Gasteiger charge is 2.37. The molecule has 0 saturated carbocycles. The molecule has 0 spiro atoms. The van der Waals surface area contributed by atoms with E-state index in [0.29, 0.717) is 16.5 Å². The second kappa shape index (κ2) is 7.21. The minimum Gasteiger partial charge on any atom is -0.431 e. The van der Waals surface area contributed by atoms with Crippen LogP contribution in [0.15, 0.2) is 54.0 Å². The lowest BCUT2D eigenvalue weighted by atomic mass is 10.1. The number of ketones is 1. The van der Waals surface area contributed by atoms with E-state index in [4.69, 9.17) is 4.74 Å². The SMILES string of the molecule is O=C1C(=O)N(Cc2ccc(Oc3nccs3)cc2)c2ccc(OC(F)(F)F)cc21. The number of amides is 1. The molecule has 148 valence electrons. The van der Waals surface area contributed by atoms with Crippen molar-refractivity contribution in [2.45, 2.75) is 12.9 Å². The maximum Gasteiger partial charge on any atom is 0.573 e. The van der Waals surface area contributed by atoms with Gasteiger partial charge in [-0.25, -0.2) is 4.98 Å². The molecular weight excluding hydrogens is 409 g/mol. The summed E-state index contributed by atoms with van der Waals surface area (Å²) in [5, 5.41) is 2.27. The van der Waals surface area contributed by atoms with Crippen LogP contribution < -0.4 is 14.4 Å². The van der Waals surface area contributed by atoms with Crippen LogP contribution in [0.25, 0.3) is 0 Å². The predicted molar refractivity (Wildman–Crippen MR) is 97.3 cm³/mol. The Morgan fingerprint density at radius 3 is 2.41 bits per heavy atom. The molecule has 10 heteroatoms. The third-order valence-corrected chi connectivity index (χ3v) is 4.70. The highest BCUT2D eigenvalue weighted by atomic mass is 32.1. The lowest BCUT2D eigenvalue weighted by Crippen LogP contribution is -2.29. The predicted octanol–water partition coefficient (Wildman–Crippen LogP) is 4.56. The Balaban J connectivity index is 1.52. The van der Waals surface area contributed by atoms with Crippen molar-refractivity contribution in [1.29, 1.82) is 0 Å². The topological polar surface area (TPSA) is 68.7 Å². The van der Waals surface area contributed by atoms with E-state index in [2.05, 4.69) is 9.72 Å². The quantitative estimate of drug-likeness (QED) is 0.566. The molecule has 6 nitrogen and oxygen atoms in total. The van der Waals surface area contributed by atoms with Crippen LogP contribution in [0.1, 0.15) is 15.9 Å². The van der Waals surface area contributed by atoms with Gasteiger partial charge in [-0.1, -0.05) is 23.5 Å². The number of nitrogens with zero attached hydrogens (tertiary/aromatic N) is 2. The monoisotopic (exact) mass is 420 g/mol. The molecule has 0 unspecified atom stereocenters. The Kier molecular flexibility index (Phi) is 4.71. The van der Waals surface area contributed by atoms with Crippen LogP contribution in [0.5, 0.6) is 16.7 Å². The van der Waals surface area contributed by atoms with Crippen LogP contribution in [0, 0.1) is 0 Å². The highest BCUT2D eigenvalue weighted by molar-refractivity contribution is 7.11. The Morgan fingerprint density at radius 1 is 1.03 bits per heavy atom. The van der Waals surface area contributed by atoms with Crippen LogP contribution >= 0.6 is 11.3 Å². The van der Waals surface area contributed by atoms with Gasteiger partial charge in [0.25, 0.3) is 16.9 Å². The minimum atomic E-state index is -4.89. The second-order valence-electron chi connectivity index (χ2n) is 5.99. The summed E-state index contributed by atoms with van der Waals surface area (Å²) < 4.78 is 46.5. The molecule has 4 rings (SSSR count). The first-order chi connectivity index (χ1) is 13.8. The zero-order valence-electron chi connectivity index (χ0n) is 14.5. The maximum absolute atomic E-state index is 12.4. The molecule has 0 fully saturated rings. The number of thiazole rings is 1. The number of hydrogen-bond acceptors (Lipinski definition) is 6. The fraction of sp³-hybridized carbons (Fsp3) is 0.105. The van der Waals surface area contributed by atoms with E-state index in [-0.39, 0.29) is 17.8 Å². The van der Waals surface area contributed by atoms with E-state index in [9.17, 15) is 22.8 Å². The molecule has 0 bridgehead atoms. The van der Waals surface area contributed by atoms with Gasteiger partial charge in [-0.05, 0) is 35.9 Å². The lowest BCUT2D eigenvalue weighted by Gasteiger charge is -2.17. The van der Waals surface area contributed by atoms with E-state index < -0.39 is 23.8 Å². The van der Waals surface area contributed by atoms with Crippen molar-refractivity contribution in [3.05, 3.63) is 65.2 Å². The van der Waals surface area contributed by atoms with Gasteiger partial charge in [0.15, 0.2) is 0 Å². The number of anilines is 1. The summed E-state index contributed by atoms with van der Waals surface area (Å²) in [7, 11) is 0. The van der Waals surface area contributed by atoms with Crippen LogP contribution in [-0.2, 0) is 11.3 Å². The van der Waals surface area contributed by atoms with Crippen LogP contribution in [0.2, 0.25) is 0 Å². The Bertz CT molecular complexity index is 1070. The summed E-state index contributed by atoms with van der Waals surface area (Å²) in [5.74, 6) is -1.69. The van der Waals surface area contributed by atoms with Gasteiger partial charge in [0, 0.05) is 11.6 Å². The van der Waals surface area contributed by atoms with Crippen molar-refractivity contribution in [2.24, 2.45) is 0 Å². The summed E-state index contributed by atoms with van der Waals surface area (Å²) in [6.07, 6.45) is -3.27. The van der Waals surface area contributed by atoms with Gasteiger partial charge >= 0.3 is 6.36 Å². The molecule has 1 aliphatic heterocycles. The lowest BCUT2D eigenvalue weighted by molar-refractivity contribution is -0.274. The molecule has 1 aromatic heterocycles. The van der Waals surface area contributed by atoms with E-state index in [1.807, 2.05) is 0 Å². The third kappa shape index (κ3) is 4.06. The average molecular weight is 420 g/mol. The molecule has 0 N–H and O–H groups in total. The van der Waals surface area contributed by atoms with Crippen LogP contribution in [0.3, 0.4) is 0 Å². The standard InChI is InChI=1S/C19H11F3N2O4S/c20-19(21,22)28-13-5-6-15-14(9-13)16(25)17(26)24(15)10-11-1-3-12(4-2-11)27-18-23-7-8-29-18/h1-9H,10H2. The van der Waals surface area contributed by atoms with Crippen molar-refractivity contribution in [1.82, 2.24) is 4.98 Å². The summed E-state index contributed by atoms with van der Waals surface area (Å²) in [6.45, 7) is 0.0780. The van der Waals surface area contributed by atoms with Gasteiger partial charge in [0.2, 0.25) is 0 Å². The van der Waals surface area contributed by atoms with Crippen LogP contribution in [0.4, 0.5) is 18.9 Å². The Labute approximate surface area is 166 Å². The smallest absolute Gasteiger partial charge is 0.431 e. The fourth-order valence-corrected chi connectivity index (χ4v) is 3.34. The highest BCUT2D eigenvalue weighted by Crippen LogP contribution is 2.35. The van der Waals surface area contributed by atoms with Crippen LogP contribution in [-0.4, -0.2) is 23.0 Å². The summed E-state index contributed by atoms with van der Waals surface area (Å²) in [5.41, 5.74) is 0.819. The molecule has 2 heterocycles. The number of benzene rings is 2. The first-order valence-corrected chi connectivity index (χ1v) is 9.10. The normalized spacial score (nSPS) is 13.6. The second-order valence-corrected chi connectivity index (χ2v) is 6.85. The molecule has 3 aromatic rings. The number of alkyl halides is 3. The van der Waals surface area contributed by atoms with E-state index in [1.165, 1.54) is 22.3 Å². The zero-order valence-corrected chi connectivity index (χ0v) is 15.3. The number of rotatable bonds is 5. The van der Waals surface area contributed by atoms with E-state index >= 15 is 0 Å². The van der Waals surface area contributed by atoms with Crippen molar-refractivity contribution in [3.8, 4) is 16.7 Å². The number of ether oxygens (including phenoxy) is 2. The molecule has 0 atom stereocenters.